The molecule has 0 amide bonds. The molecule has 0 aliphatic carbocycles. The maximum Gasteiger partial charge on any atom is 0.124 e. The van der Waals surface area contributed by atoms with E-state index in [9.17, 15) is 4.39 Å². The molecule has 0 saturated carbocycles. The zero-order valence-electron chi connectivity index (χ0n) is 12.7. The van der Waals surface area contributed by atoms with Crippen LogP contribution in [0.1, 0.15) is 29.7 Å². The number of ether oxygens (including phenoxy) is 2. The normalized spacial score (nSPS) is 25.4. The highest BCUT2D eigenvalue weighted by molar-refractivity contribution is 9.10. The van der Waals surface area contributed by atoms with E-state index in [1.807, 2.05) is 12.1 Å². The molecule has 2 aromatic rings. The maximum absolute atomic E-state index is 13.6. The highest BCUT2D eigenvalue weighted by Crippen LogP contribution is 2.51. The lowest BCUT2D eigenvalue weighted by Gasteiger charge is -2.37. The van der Waals surface area contributed by atoms with Gasteiger partial charge in [-0.05, 0) is 42.8 Å². The number of nitrogens with one attached hydrogen (secondary N) is 1. The van der Waals surface area contributed by atoms with Gasteiger partial charge in [0.05, 0.1) is 19.3 Å². The van der Waals surface area contributed by atoms with Crippen LogP contribution in [-0.4, -0.2) is 13.7 Å². The Morgan fingerprint density at radius 3 is 2.91 bits per heavy atom. The zero-order valence-corrected chi connectivity index (χ0v) is 14.3. The minimum Gasteiger partial charge on any atom is -0.496 e. The Hall–Kier alpha value is -1.59. The average molecular weight is 378 g/mol. The number of hydrogen-bond acceptors (Lipinski definition) is 3. The molecule has 1 fully saturated rings. The number of halogens is 2. The van der Waals surface area contributed by atoms with Crippen molar-refractivity contribution in [3.63, 3.8) is 0 Å². The lowest BCUT2D eigenvalue weighted by molar-refractivity contribution is 0.0824. The van der Waals surface area contributed by atoms with Crippen molar-refractivity contribution in [1.29, 1.82) is 0 Å². The summed E-state index contributed by atoms with van der Waals surface area (Å²) in [6, 6.07) is 11.0. The van der Waals surface area contributed by atoms with Gasteiger partial charge >= 0.3 is 0 Å². The summed E-state index contributed by atoms with van der Waals surface area (Å²) in [7, 11) is 1.68. The van der Waals surface area contributed by atoms with Crippen LogP contribution in [-0.2, 0) is 4.74 Å². The predicted molar refractivity (Wildman–Crippen MR) is 90.3 cm³/mol. The second-order valence-electron chi connectivity index (χ2n) is 5.98. The molecule has 23 heavy (non-hydrogen) atoms. The van der Waals surface area contributed by atoms with Crippen molar-refractivity contribution in [2.75, 3.05) is 19.0 Å². The predicted octanol–water partition coefficient (Wildman–Crippen LogP) is 4.84. The Balaban J connectivity index is 1.82. The number of anilines is 1. The van der Waals surface area contributed by atoms with Gasteiger partial charge in [0.2, 0.25) is 0 Å². The minimum absolute atomic E-state index is 0.0735. The van der Waals surface area contributed by atoms with Crippen LogP contribution in [0.25, 0.3) is 0 Å². The van der Waals surface area contributed by atoms with E-state index >= 15 is 0 Å². The lowest BCUT2D eigenvalue weighted by Crippen LogP contribution is -2.29. The Morgan fingerprint density at radius 2 is 2.09 bits per heavy atom. The molecule has 3 nitrogen and oxygen atoms in total. The van der Waals surface area contributed by atoms with Crippen molar-refractivity contribution in [2.24, 2.45) is 5.92 Å². The fourth-order valence-corrected chi connectivity index (χ4v) is 4.08. The van der Waals surface area contributed by atoms with E-state index in [2.05, 4.69) is 27.3 Å². The van der Waals surface area contributed by atoms with E-state index in [1.54, 1.807) is 19.2 Å². The topological polar surface area (TPSA) is 30.5 Å². The van der Waals surface area contributed by atoms with E-state index in [1.165, 1.54) is 6.07 Å². The van der Waals surface area contributed by atoms with E-state index < -0.39 is 0 Å². The first-order valence-electron chi connectivity index (χ1n) is 7.68. The smallest absolute Gasteiger partial charge is 0.124 e. The summed E-state index contributed by atoms with van der Waals surface area (Å²) < 4.78 is 26.1. The first-order valence-corrected chi connectivity index (χ1v) is 8.47. The molecule has 0 spiro atoms. The molecule has 0 aromatic heterocycles. The third-order valence-electron chi connectivity index (χ3n) is 4.72. The summed E-state index contributed by atoms with van der Waals surface area (Å²) in [6.07, 6.45) is 0.865. The first kappa shape index (κ1) is 15.0. The molecule has 2 aliphatic rings. The van der Waals surface area contributed by atoms with E-state index in [0.717, 1.165) is 33.5 Å². The van der Waals surface area contributed by atoms with Gasteiger partial charge in [0.25, 0.3) is 0 Å². The molecule has 0 bridgehead atoms. The first-order chi connectivity index (χ1) is 11.2. The zero-order chi connectivity index (χ0) is 16.0. The van der Waals surface area contributed by atoms with Gasteiger partial charge in [-0.25, -0.2) is 4.39 Å². The highest BCUT2D eigenvalue weighted by Gasteiger charge is 2.42. The van der Waals surface area contributed by atoms with Crippen molar-refractivity contribution in [2.45, 2.75) is 18.6 Å². The van der Waals surface area contributed by atoms with E-state index in [4.69, 9.17) is 9.47 Å². The summed E-state index contributed by atoms with van der Waals surface area (Å²) in [5.74, 6) is 0.882. The van der Waals surface area contributed by atoms with Gasteiger partial charge in [-0.2, -0.15) is 0 Å². The summed E-state index contributed by atoms with van der Waals surface area (Å²) in [6.45, 7) is 0.694. The fraction of sp³-hybridized carbons (Fsp3) is 0.333. The Labute approximate surface area is 142 Å². The third kappa shape index (κ3) is 2.52. The molecular formula is C18H17BrFNO2. The van der Waals surface area contributed by atoms with Gasteiger partial charge < -0.3 is 14.8 Å². The summed E-state index contributed by atoms with van der Waals surface area (Å²) >= 11 is 3.54. The van der Waals surface area contributed by atoms with Gasteiger partial charge in [-0.1, -0.05) is 15.9 Å². The van der Waals surface area contributed by atoms with Crippen LogP contribution in [0.3, 0.4) is 0 Å². The number of rotatable bonds is 2. The van der Waals surface area contributed by atoms with Crippen molar-refractivity contribution < 1.29 is 13.9 Å². The molecule has 2 aromatic carbocycles. The van der Waals surface area contributed by atoms with Crippen LogP contribution in [0, 0.1) is 11.7 Å². The van der Waals surface area contributed by atoms with Crippen LogP contribution in [0.2, 0.25) is 0 Å². The number of hydrogen-bond donors (Lipinski definition) is 1. The molecule has 0 radical (unpaired) electrons. The van der Waals surface area contributed by atoms with Crippen LogP contribution >= 0.6 is 15.9 Å². The van der Waals surface area contributed by atoms with Crippen molar-refractivity contribution in [1.82, 2.24) is 0 Å². The van der Waals surface area contributed by atoms with E-state index in [-0.39, 0.29) is 23.9 Å². The molecule has 2 aliphatic heterocycles. The Kier molecular flexibility index (Phi) is 3.77. The SMILES string of the molecule is COc1ccc(Br)cc1[C@@H]1Nc2ccc(F)cc2[C@@H]2OCC[C@H]12. The molecule has 120 valence electrons. The van der Waals surface area contributed by atoms with Gasteiger partial charge in [0.15, 0.2) is 0 Å². The average Bonchev–Trinajstić information content (AvgIpc) is 3.04. The molecule has 3 atom stereocenters. The maximum atomic E-state index is 13.6. The monoisotopic (exact) mass is 377 g/mol. The lowest BCUT2D eigenvalue weighted by atomic mass is 9.80. The second-order valence-corrected chi connectivity index (χ2v) is 6.90. The molecule has 1 saturated heterocycles. The van der Waals surface area contributed by atoms with Crippen LogP contribution in [0.5, 0.6) is 5.75 Å². The molecular weight excluding hydrogens is 361 g/mol. The minimum atomic E-state index is -0.224. The van der Waals surface area contributed by atoms with Gasteiger partial charge in [-0.3, -0.25) is 0 Å². The van der Waals surface area contributed by atoms with E-state index in [0.29, 0.717) is 6.61 Å². The number of fused-ring (bicyclic) bond motifs is 3. The van der Waals surface area contributed by atoms with Crippen LogP contribution < -0.4 is 10.1 Å². The van der Waals surface area contributed by atoms with Crippen molar-refractivity contribution in [3.05, 3.63) is 57.8 Å². The molecule has 2 heterocycles. The van der Waals surface area contributed by atoms with Gasteiger partial charge in [-0.15, -0.1) is 0 Å². The molecule has 0 unspecified atom stereocenters. The standard InChI is InChI=1S/C18H17BrFNO2/c1-22-16-5-2-10(19)8-14(16)17-12-6-7-23-18(12)13-9-11(20)3-4-15(13)21-17/h2-5,8-9,12,17-18,21H,6-7H2,1H3/t12-,17-,18-/m1/s1. The quantitative estimate of drug-likeness (QED) is 0.811. The highest BCUT2D eigenvalue weighted by atomic mass is 79.9. The molecule has 5 heteroatoms. The van der Waals surface area contributed by atoms with Gasteiger partial charge in [0.1, 0.15) is 11.6 Å². The number of methoxy groups -OCH3 is 1. The fourth-order valence-electron chi connectivity index (χ4n) is 3.70. The third-order valence-corrected chi connectivity index (χ3v) is 5.22. The Bertz CT molecular complexity index is 752. The second kappa shape index (κ2) is 5.80. The van der Waals surface area contributed by atoms with Gasteiger partial charge in [0, 0.05) is 33.8 Å². The largest absolute Gasteiger partial charge is 0.496 e. The molecule has 4 rings (SSSR count). The van der Waals surface area contributed by atoms with Crippen LogP contribution in [0.4, 0.5) is 10.1 Å². The molecule has 1 N–H and O–H groups in total. The Morgan fingerprint density at radius 1 is 1.22 bits per heavy atom. The summed E-state index contributed by atoms with van der Waals surface area (Å²) in [4.78, 5) is 0. The van der Waals surface area contributed by atoms with Crippen molar-refractivity contribution >= 4 is 21.6 Å². The van der Waals surface area contributed by atoms with Crippen molar-refractivity contribution in [3.8, 4) is 5.75 Å². The summed E-state index contributed by atoms with van der Waals surface area (Å²) in [5.41, 5.74) is 2.94. The number of benzene rings is 2. The van der Waals surface area contributed by atoms with Crippen LogP contribution in [0.15, 0.2) is 40.9 Å². The summed E-state index contributed by atoms with van der Waals surface area (Å²) in [5, 5.41) is 3.57.